The molecular weight excluding hydrogens is 745 g/mol. The first-order valence-corrected chi connectivity index (χ1v) is 24.2. The van der Waals surface area contributed by atoms with Gasteiger partial charge in [-0.3, -0.25) is 14.4 Å². The van der Waals surface area contributed by atoms with Crippen molar-refractivity contribution in [3.05, 3.63) is 97.2 Å². The Balaban J connectivity index is 4.54. The van der Waals surface area contributed by atoms with E-state index in [1.165, 1.54) is 70.6 Å². The number of unbranched alkanes of at least 4 members (excludes halogenated alkanes) is 15. The Labute approximate surface area is 368 Å². The third-order valence-corrected chi connectivity index (χ3v) is 9.85. The molecule has 0 heterocycles. The van der Waals surface area contributed by atoms with Gasteiger partial charge in [-0.15, -0.1) is 0 Å². The van der Waals surface area contributed by atoms with Gasteiger partial charge in [-0.2, -0.15) is 0 Å². The van der Waals surface area contributed by atoms with E-state index in [9.17, 15) is 14.4 Å². The van der Waals surface area contributed by atoms with Gasteiger partial charge in [0.1, 0.15) is 13.2 Å². The number of carbonyl (C=O) groups is 3. The SMILES string of the molecule is CC/C=C\C/C=C\C/C=C\C/C=C\CCCCC(=O)OCC(COC(=O)CC/C=C\C/C=C\C/C=C\C/C=C\CC)OC(=O)CCCCCCCCCCCCCCCC. The molecule has 340 valence electrons. The Hall–Kier alpha value is -3.67. The largest absolute Gasteiger partial charge is 0.462 e. The second-order valence-corrected chi connectivity index (χ2v) is 15.6. The first-order chi connectivity index (χ1) is 29.5. The molecule has 0 saturated carbocycles. The molecule has 0 bridgehead atoms. The van der Waals surface area contributed by atoms with E-state index in [-0.39, 0.29) is 37.5 Å². The summed E-state index contributed by atoms with van der Waals surface area (Å²) in [6, 6.07) is 0. The van der Waals surface area contributed by atoms with Crippen LogP contribution in [0.15, 0.2) is 97.2 Å². The number of hydrogen-bond acceptors (Lipinski definition) is 6. The Morgan fingerprint density at radius 2 is 0.683 bits per heavy atom. The van der Waals surface area contributed by atoms with Gasteiger partial charge in [0.2, 0.25) is 0 Å². The van der Waals surface area contributed by atoms with Crippen molar-refractivity contribution in [2.45, 2.75) is 213 Å². The van der Waals surface area contributed by atoms with Crippen molar-refractivity contribution in [1.29, 1.82) is 0 Å². The molecule has 6 nitrogen and oxygen atoms in total. The van der Waals surface area contributed by atoms with E-state index >= 15 is 0 Å². The molecular formula is C54H88O6. The van der Waals surface area contributed by atoms with Gasteiger partial charge in [0, 0.05) is 19.3 Å². The molecule has 0 spiro atoms. The van der Waals surface area contributed by atoms with E-state index in [0.717, 1.165) is 83.5 Å². The molecule has 0 aromatic rings. The van der Waals surface area contributed by atoms with Crippen molar-refractivity contribution in [2.75, 3.05) is 13.2 Å². The fraction of sp³-hybridized carbons (Fsp3) is 0.648. The minimum atomic E-state index is -0.821. The van der Waals surface area contributed by atoms with E-state index in [1.807, 2.05) is 12.2 Å². The van der Waals surface area contributed by atoms with Gasteiger partial charge in [0.05, 0.1) is 0 Å². The summed E-state index contributed by atoms with van der Waals surface area (Å²) < 4.78 is 16.6. The Bertz CT molecular complexity index is 1230. The maximum Gasteiger partial charge on any atom is 0.306 e. The Morgan fingerprint density at radius 3 is 1.12 bits per heavy atom. The lowest BCUT2D eigenvalue weighted by Crippen LogP contribution is -2.30. The molecule has 0 rings (SSSR count). The maximum atomic E-state index is 12.8. The molecule has 0 aromatic carbocycles. The number of hydrogen-bond donors (Lipinski definition) is 0. The van der Waals surface area contributed by atoms with Crippen molar-refractivity contribution in [3.8, 4) is 0 Å². The lowest BCUT2D eigenvalue weighted by atomic mass is 10.0. The molecule has 0 saturated heterocycles. The summed E-state index contributed by atoms with van der Waals surface area (Å²) in [7, 11) is 0. The third-order valence-electron chi connectivity index (χ3n) is 9.85. The van der Waals surface area contributed by atoms with Crippen LogP contribution in [0.25, 0.3) is 0 Å². The number of allylic oxidation sites excluding steroid dienone is 16. The number of carbonyl (C=O) groups excluding carboxylic acids is 3. The zero-order valence-electron chi connectivity index (χ0n) is 38.7. The fourth-order valence-corrected chi connectivity index (χ4v) is 6.27. The van der Waals surface area contributed by atoms with Crippen LogP contribution in [0, 0.1) is 0 Å². The van der Waals surface area contributed by atoms with E-state index in [1.54, 1.807) is 0 Å². The van der Waals surface area contributed by atoms with Crippen molar-refractivity contribution in [1.82, 2.24) is 0 Å². The van der Waals surface area contributed by atoms with E-state index < -0.39 is 6.10 Å². The minimum absolute atomic E-state index is 0.121. The molecule has 0 aromatic heterocycles. The molecule has 0 fully saturated rings. The topological polar surface area (TPSA) is 78.9 Å². The van der Waals surface area contributed by atoms with Gasteiger partial charge in [-0.05, 0) is 83.5 Å². The van der Waals surface area contributed by atoms with Crippen molar-refractivity contribution >= 4 is 17.9 Å². The third kappa shape index (κ3) is 45.4. The monoisotopic (exact) mass is 833 g/mol. The van der Waals surface area contributed by atoms with Gasteiger partial charge >= 0.3 is 17.9 Å². The smallest absolute Gasteiger partial charge is 0.306 e. The van der Waals surface area contributed by atoms with Crippen LogP contribution >= 0.6 is 0 Å². The molecule has 0 N–H and O–H groups in total. The fourth-order valence-electron chi connectivity index (χ4n) is 6.27. The normalized spacial score (nSPS) is 12.9. The first-order valence-electron chi connectivity index (χ1n) is 24.2. The van der Waals surface area contributed by atoms with E-state index in [4.69, 9.17) is 14.2 Å². The standard InChI is InChI=1S/C54H88O6/c1-4-7-10-13-16-19-22-25-27-30-32-35-38-41-44-47-53(56)59-50-51(49-58-52(55)46-43-40-37-34-31-28-24-21-18-15-12-9-6-3)60-54(57)48-45-42-39-36-33-29-26-23-20-17-14-11-8-5-2/h7,9-10,12,16,18-19,21,25,27-28,31-32,35,37,40,51H,4-6,8,11,13-15,17,20,22-24,26,29-30,33-34,36,38-39,41-50H2,1-3H3/b10-7-,12-9-,19-16-,21-18-,27-25-,31-28-,35-32-,40-37-. The van der Waals surface area contributed by atoms with E-state index in [0.29, 0.717) is 25.7 Å². The molecule has 0 amide bonds. The van der Waals surface area contributed by atoms with Crippen molar-refractivity contribution in [2.24, 2.45) is 0 Å². The highest BCUT2D eigenvalue weighted by atomic mass is 16.6. The van der Waals surface area contributed by atoms with Gasteiger partial charge in [0.25, 0.3) is 0 Å². The molecule has 0 radical (unpaired) electrons. The summed E-state index contributed by atoms with van der Waals surface area (Å²) in [5, 5.41) is 0. The maximum absolute atomic E-state index is 12.8. The van der Waals surface area contributed by atoms with Crippen LogP contribution in [0.2, 0.25) is 0 Å². The molecule has 0 aliphatic carbocycles. The predicted octanol–water partition coefficient (Wildman–Crippen LogP) is 15.8. The molecule has 0 aliphatic heterocycles. The highest BCUT2D eigenvalue weighted by Gasteiger charge is 2.19. The minimum Gasteiger partial charge on any atom is -0.462 e. The van der Waals surface area contributed by atoms with Crippen LogP contribution in [0.4, 0.5) is 0 Å². The molecule has 0 aliphatic rings. The number of esters is 3. The molecule has 1 atom stereocenters. The van der Waals surface area contributed by atoms with Gasteiger partial charge in [-0.1, -0.05) is 201 Å². The van der Waals surface area contributed by atoms with Gasteiger partial charge < -0.3 is 14.2 Å². The predicted molar refractivity (Wildman–Crippen MR) is 256 cm³/mol. The van der Waals surface area contributed by atoms with Crippen LogP contribution in [-0.2, 0) is 28.6 Å². The number of ether oxygens (including phenoxy) is 3. The second kappa shape index (κ2) is 48.0. The Morgan fingerprint density at radius 1 is 0.350 bits per heavy atom. The zero-order valence-corrected chi connectivity index (χ0v) is 38.7. The average molecular weight is 833 g/mol. The first kappa shape index (κ1) is 56.3. The lowest BCUT2D eigenvalue weighted by molar-refractivity contribution is -0.166. The summed E-state index contributed by atoms with van der Waals surface area (Å²) in [5.74, 6) is -1.05. The highest BCUT2D eigenvalue weighted by Crippen LogP contribution is 2.14. The quantitative estimate of drug-likeness (QED) is 0.0264. The second-order valence-electron chi connectivity index (χ2n) is 15.6. The van der Waals surface area contributed by atoms with Crippen LogP contribution < -0.4 is 0 Å². The average Bonchev–Trinajstić information content (AvgIpc) is 3.24. The summed E-state index contributed by atoms with van der Waals surface area (Å²) >= 11 is 0. The molecule has 60 heavy (non-hydrogen) atoms. The van der Waals surface area contributed by atoms with Gasteiger partial charge in [0.15, 0.2) is 6.10 Å². The zero-order chi connectivity index (χ0) is 43.7. The van der Waals surface area contributed by atoms with Crippen molar-refractivity contribution < 1.29 is 28.6 Å². The summed E-state index contributed by atoms with van der Waals surface area (Å²) in [6.07, 6.45) is 62.6. The van der Waals surface area contributed by atoms with Crippen LogP contribution in [0.3, 0.4) is 0 Å². The summed E-state index contributed by atoms with van der Waals surface area (Å²) in [4.78, 5) is 37.8. The lowest BCUT2D eigenvalue weighted by Gasteiger charge is -2.18. The highest BCUT2D eigenvalue weighted by molar-refractivity contribution is 5.71. The molecule has 6 heteroatoms. The van der Waals surface area contributed by atoms with Crippen LogP contribution in [0.1, 0.15) is 207 Å². The Kier molecular flexibility index (Phi) is 45.1. The summed E-state index contributed by atoms with van der Waals surface area (Å²) in [6.45, 7) is 6.29. The molecule has 1 unspecified atom stereocenters. The van der Waals surface area contributed by atoms with Crippen molar-refractivity contribution in [3.63, 3.8) is 0 Å². The number of rotatable bonds is 42. The van der Waals surface area contributed by atoms with Gasteiger partial charge in [-0.25, -0.2) is 0 Å². The summed E-state index contributed by atoms with van der Waals surface area (Å²) in [5.41, 5.74) is 0. The van der Waals surface area contributed by atoms with Crippen LogP contribution in [-0.4, -0.2) is 37.2 Å². The van der Waals surface area contributed by atoms with Crippen LogP contribution in [0.5, 0.6) is 0 Å². The van der Waals surface area contributed by atoms with E-state index in [2.05, 4.69) is 106 Å².